The highest BCUT2D eigenvalue weighted by atomic mass is 35.5. The van der Waals surface area contributed by atoms with Gasteiger partial charge in [-0.05, 0) is 43.2 Å². The Morgan fingerprint density at radius 3 is 2.20 bits per heavy atom. The molecule has 0 bridgehead atoms. The Kier molecular flexibility index (Phi) is 7.42. The fraction of sp³-hybridized carbons (Fsp3) is 0.306. The van der Waals surface area contributed by atoms with Gasteiger partial charge in [0.25, 0.3) is 5.91 Å². The summed E-state index contributed by atoms with van der Waals surface area (Å²) in [4.78, 5) is 49.7. The van der Waals surface area contributed by atoms with Crippen LogP contribution in [0.5, 0.6) is 0 Å². The van der Waals surface area contributed by atoms with E-state index in [9.17, 15) is 9.90 Å². The summed E-state index contributed by atoms with van der Waals surface area (Å²) in [6.45, 7) is 4.17. The summed E-state index contributed by atoms with van der Waals surface area (Å²) in [5.41, 5.74) is 2.90. The van der Waals surface area contributed by atoms with Gasteiger partial charge in [-0.3, -0.25) is 14.4 Å². The number of halogens is 1. The van der Waals surface area contributed by atoms with E-state index < -0.39 is 33.4 Å². The molecule has 4 aliphatic rings. The number of anilines is 2. The van der Waals surface area contributed by atoms with Crippen LogP contribution in [-0.4, -0.2) is 63.0 Å². The number of nitrogens with zero attached hydrogens (tertiary/aromatic N) is 3. The van der Waals surface area contributed by atoms with Crippen LogP contribution < -0.4 is 9.80 Å². The second-order valence-electron chi connectivity index (χ2n) is 12.3. The smallest absolute Gasteiger partial charge is 0.251 e. The molecule has 1 spiro atoms. The third-order valence-corrected chi connectivity index (χ3v) is 11.8. The standard InChI is InChI=1S/C36H34ClN3O4S/c1-23-12-9-17-26(37)30(23)39-21-11-19-36-29(33(43)40(31(36)34(39)44)27(22-41)24-13-5-3-6-14-24)28-32(42)38(25-15-7-4-8-16-25)20-10-18-35(28,2)45-36/h3-19,27-29,31,41H,20-22H2,1-2H3/t27-,28-,29+,31?,35+,36+/m1/s1. The molecule has 4 heterocycles. The molecule has 3 aromatic carbocycles. The zero-order chi connectivity index (χ0) is 31.5. The lowest BCUT2D eigenvalue weighted by Crippen LogP contribution is -2.54. The summed E-state index contributed by atoms with van der Waals surface area (Å²) in [7, 11) is 0. The van der Waals surface area contributed by atoms with E-state index in [1.54, 1.807) is 20.8 Å². The van der Waals surface area contributed by atoms with Crippen molar-refractivity contribution in [3.05, 3.63) is 119 Å². The van der Waals surface area contributed by atoms with Gasteiger partial charge in [0.05, 0.1) is 39.9 Å². The van der Waals surface area contributed by atoms with Gasteiger partial charge in [-0.1, -0.05) is 96.6 Å². The summed E-state index contributed by atoms with van der Waals surface area (Å²) in [6, 6.07) is 22.5. The fourth-order valence-electron chi connectivity index (χ4n) is 7.83. The van der Waals surface area contributed by atoms with Gasteiger partial charge in [0.15, 0.2) is 0 Å². The minimum Gasteiger partial charge on any atom is -0.394 e. The molecule has 0 aromatic heterocycles. The average molecular weight is 640 g/mol. The highest BCUT2D eigenvalue weighted by Gasteiger charge is 2.74. The largest absolute Gasteiger partial charge is 0.394 e. The Morgan fingerprint density at radius 2 is 1.51 bits per heavy atom. The number of carbonyl (C=O) groups excluding carboxylic acids is 3. The van der Waals surface area contributed by atoms with Crippen molar-refractivity contribution in [1.29, 1.82) is 0 Å². The molecule has 1 N–H and O–H groups in total. The van der Waals surface area contributed by atoms with Crippen LogP contribution in [0.15, 0.2) is 103 Å². The topological polar surface area (TPSA) is 81.2 Å². The molecule has 3 amide bonds. The second-order valence-corrected chi connectivity index (χ2v) is 14.5. The van der Waals surface area contributed by atoms with Crippen molar-refractivity contribution >= 4 is 52.5 Å². The van der Waals surface area contributed by atoms with E-state index in [1.165, 1.54) is 11.8 Å². The van der Waals surface area contributed by atoms with Crippen molar-refractivity contribution in [2.24, 2.45) is 11.8 Å². The van der Waals surface area contributed by atoms with Crippen LogP contribution in [0.1, 0.15) is 24.1 Å². The molecule has 2 fully saturated rings. The van der Waals surface area contributed by atoms with Crippen molar-refractivity contribution in [3.63, 3.8) is 0 Å². The highest BCUT2D eigenvalue weighted by molar-refractivity contribution is 8.02. The van der Waals surface area contributed by atoms with E-state index in [2.05, 4.69) is 0 Å². The van der Waals surface area contributed by atoms with Crippen LogP contribution >= 0.6 is 23.4 Å². The van der Waals surface area contributed by atoms with E-state index in [4.69, 9.17) is 11.6 Å². The predicted molar refractivity (Wildman–Crippen MR) is 178 cm³/mol. The lowest BCUT2D eigenvalue weighted by atomic mass is 9.74. The van der Waals surface area contributed by atoms with Crippen LogP contribution in [0.2, 0.25) is 5.02 Å². The minimum atomic E-state index is -1.07. The number of para-hydroxylation sites is 2. The number of aliphatic hydroxyl groups is 1. The van der Waals surface area contributed by atoms with Crippen molar-refractivity contribution in [3.8, 4) is 0 Å². The van der Waals surface area contributed by atoms with Gasteiger partial charge in [0.1, 0.15) is 6.04 Å². The maximum atomic E-state index is 15.0. The zero-order valence-electron chi connectivity index (χ0n) is 25.0. The Labute approximate surface area is 272 Å². The lowest BCUT2D eigenvalue weighted by molar-refractivity contribution is -0.142. The monoisotopic (exact) mass is 639 g/mol. The molecule has 9 heteroatoms. The van der Waals surface area contributed by atoms with Crippen LogP contribution in [0.3, 0.4) is 0 Å². The summed E-state index contributed by atoms with van der Waals surface area (Å²) in [6.07, 6.45) is 7.97. The van der Waals surface area contributed by atoms with E-state index in [-0.39, 0.29) is 30.9 Å². The number of fused-ring (bicyclic) bond motifs is 2. The maximum Gasteiger partial charge on any atom is 0.251 e. The Hall–Kier alpha value is -3.85. The number of likely N-dealkylation sites (tertiary alicyclic amines) is 1. The van der Waals surface area contributed by atoms with E-state index in [0.717, 1.165) is 16.8 Å². The van der Waals surface area contributed by atoms with E-state index in [0.29, 0.717) is 17.3 Å². The first-order valence-electron chi connectivity index (χ1n) is 15.2. The Bertz CT molecular complexity index is 1710. The molecule has 7 rings (SSSR count). The van der Waals surface area contributed by atoms with Gasteiger partial charge in [-0.2, -0.15) is 0 Å². The molecule has 230 valence electrons. The van der Waals surface area contributed by atoms with E-state index in [1.807, 2.05) is 111 Å². The van der Waals surface area contributed by atoms with Gasteiger partial charge in [-0.15, -0.1) is 11.8 Å². The van der Waals surface area contributed by atoms with Crippen LogP contribution in [0.25, 0.3) is 0 Å². The first kappa shape index (κ1) is 29.8. The number of rotatable bonds is 5. The van der Waals surface area contributed by atoms with Crippen LogP contribution in [0, 0.1) is 18.8 Å². The van der Waals surface area contributed by atoms with Crippen LogP contribution in [-0.2, 0) is 14.4 Å². The second kappa shape index (κ2) is 11.2. The summed E-state index contributed by atoms with van der Waals surface area (Å²) in [5, 5.41) is 11.3. The van der Waals surface area contributed by atoms with Crippen molar-refractivity contribution in [2.75, 3.05) is 29.5 Å². The number of thioether (sulfide) groups is 1. The number of aliphatic hydroxyl groups excluding tert-OH is 1. The molecule has 6 atom stereocenters. The number of hydrogen-bond donors (Lipinski definition) is 1. The minimum absolute atomic E-state index is 0.152. The van der Waals surface area contributed by atoms with Gasteiger partial charge < -0.3 is 19.8 Å². The van der Waals surface area contributed by atoms with Crippen molar-refractivity contribution < 1.29 is 19.5 Å². The Balaban J connectivity index is 1.42. The molecule has 1 unspecified atom stereocenters. The first-order valence-corrected chi connectivity index (χ1v) is 16.4. The summed E-state index contributed by atoms with van der Waals surface area (Å²) < 4.78 is -1.83. The average Bonchev–Trinajstić information content (AvgIpc) is 3.31. The molecule has 2 saturated heterocycles. The SMILES string of the molecule is Cc1cccc(Cl)c1N1CC=C[C@]23S[C@@]4(C)C=CCN(c5ccccc5)C(=O)[C@H]4[C@H]2C(=O)N([C@H](CO)c2ccccc2)C3C1=O. The molecule has 3 aromatic rings. The molecule has 7 nitrogen and oxygen atoms in total. The third-order valence-electron chi connectivity index (χ3n) is 9.71. The van der Waals surface area contributed by atoms with Gasteiger partial charge in [0.2, 0.25) is 11.8 Å². The maximum absolute atomic E-state index is 15.0. The van der Waals surface area contributed by atoms with Gasteiger partial charge >= 0.3 is 0 Å². The molecule has 0 radical (unpaired) electrons. The number of benzene rings is 3. The quantitative estimate of drug-likeness (QED) is 0.369. The summed E-state index contributed by atoms with van der Waals surface area (Å²) in [5.74, 6) is -2.34. The van der Waals surface area contributed by atoms with Gasteiger partial charge in [0, 0.05) is 23.5 Å². The molecular formula is C36H34ClN3O4S. The number of hydrogen-bond acceptors (Lipinski definition) is 5. The number of carbonyl (C=O) groups is 3. The molecule has 0 aliphatic carbocycles. The normalized spacial score (nSPS) is 29.7. The molecule has 4 aliphatic heterocycles. The van der Waals surface area contributed by atoms with Crippen LogP contribution in [0.4, 0.5) is 11.4 Å². The lowest BCUT2D eigenvalue weighted by Gasteiger charge is -2.40. The molecular weight excluding hydrogens is 606 g/mol. The fourth-order valence-corrected chi connectivity index (χ4v) is 10.3. The first-order chi connectivity index (χ1) is 21.7. The predicted octanol–water partition coefficient (Wildman–Crippen LogP) is 5.58. The van der Waals surface area contributed by atoms with Crippen molar-refractivity contribution in [1.82, 2.24) is 4.90 Å². The van der Waals surface area contributed by atoms with Gasteiger partial charge in [-0.25, -0.2) is 0 Å². The van der Waals surface area contributed by atoms with Crippen molar-refractivity contribution in [2.45, 2.75) is 35.4 Å². The molecule has 0 saturated carbocycles. The summed E-state index contributed by atoms with van der Waals surface area (Å²) >= 11 is 8.24. The number of amides is 3. The third kappa shape index (κ3) is 4.48. The zero-order valence-corrected chi connectivity index (χ0v) is 26.6. The number of aryl methyl sites for hydroxylation is 1. The van der Waals surface area contributed by atoms with E-state index >= 15 is 9.59 Å². The highest BCUT2D eigenvalue weighted by Crippen LogP contribution is 2.66. The Morgan fingerprint density at radius 1 is 0.844 bits per heavy atom. The molecule has 45 heavy (non-hydrogen) atoms.